The predicted octanol–water partition coefficient (Wildman–Crippen LogP) is 1.60. The third kappa shape index (κ3) is 4.21. The number of nitrogens with one attached hydrogen (secondary N) is 2. The molecule has 0 spiro atoms. The summed E-state index contributed by atoms with van der Waals surface area (Å²) in [6, 6.07) is 9.90. The number of rotatable bonds is 5. The average Bonchev–Trinajstić information content (AvgIpc) is 3.02. The van der Waals surface area contributed by atoms with Crippen LogP contribution < -0.4 is 5.32 Å². The molecular weight excluding hydrogens is 304 g/mol. The van der Waals surface area contributed by atoms with Crippen molar-refractivity contribution in [2.75, 3.05) is 13.1 Å². The number of aryl methyl sites for hydroxylation is 1. The van der Waals surface area contributed by atoms with Crippen molar-refractivity contribution in [2.24, 2.45) is 0 Å². The molecular formula is C18H24N4O2. The minimum atomic E-state index is -0.171. The number of carbonyl (C=O) groups excluding carboxylic acids is 1. The molecule has 0 unspecified atom stereocenters. The average molecular weight is 328 g/mol. The lowest BCUT2D eigenvalue weighted by atomic mass is 10.0. The molecule has 0 radical (unpaired) electrons. The third-order valence-corrected chi connectivity index (χ3v) is 4.45. The quantitative estimate of drug-likeness (QED) is 0.779. The maximum Gasteiger partial charge on any atom is 0.272 e. The Kier molecular flexibility index (Phi) is 5.27. The number of likely N-dealkylation sites (tertiary alicyclic amines) is 1. The summed E-state index contributed by atoms with van der Waals surface area (Å²) < 4.78 is 0. The second kappa shape index (κ2) is 7.59. The highest BCUT2D eigenvalue weighted by Gasteiger charge is 2.18. The molecule has 2 aromatic rings. The van der Waals surface area contributed by atoms with Gasteiger partial charge in [-0.1, -0.05) is 24.3 Å². The van der Waals surface area contributed by atoms with Crippen molar-refractivity contribution in [1.29, 1.82) is 0 Å². The molecule has 1 aromatic heterocycles. The Morgan fingerprint density at radius 1 is 1.33 bits per heavy atom. The summed E-state index contributed by atoms with van der Waals surface area (Å²) >= 11 is 0. The van der Waals surface area contributed by atoms with E-state index in [-0.39, 0.29) is 12.0 Å². The van der Waals surface area contributed by atoms with Gasteiger partial charge in [0.2, 0.25) is 0 Å². The highest BCUT2D eigenvalue weighted by Crippen LogP contribution is 2.16. The van der Waals surface area contributed by atoms with Crippen molar-refractivity contribution in [3.05, 3.63) is 52.8 Å². The zero-order chi connectivity index (χ0) is 16.9. The van der Waals surface area contributed by atoms with Gasteiger partial charge < -0.3 is 10.4 Å². The molecule has 0 saturated carbocycles. The number of aliphatic hydroxyl groups excluding tert-OH is 1. The molecule has 2 heterocycles. The van der Waals surface area contributed by atoms with E-state index in [1.807, 2.05) is 25.1 Å². The molecule has 1 aromatic carbocycles. The molecule has 1 fully saturated rings. The highest BCUT2D eigenvalue weighted by molar-refractivity contribution is 5.92. The zero-order valence-electron chi connectivity index (χ0n) is 14.0. The van der Waals surface area contributed by atoms with Gasteiger partial charge in [-0.15, -0.1) is 0 Å². The number of aliphatic hydroxyl groups is 1. The number of benzene rings is 1. The highest BCUT2D eigenvalue weighted by atomic mass is 16.3. The molecule has 6 heteroatoms. The Bertz CT molecular complexity index is 690. The standard InChI is InChI=1S/C18H24N4O2/c1-13-10-17(21-20-13)18(24)19-11-14-4-2-3-5-15(14)12-22-8-6-16(23)7-9-22/h2-5,10,16,23H,6-9,11-12H2,1H3,(H,19,24)(H,20,21). The van der Waals surface area contributed by atoms with Gasteiger partial charge in [0.15, 0.2) is 0 Å². The number of aromatic amines is 1. The molecule has 6 nitrogen and oxygen atoms in total. The second-order valence-electron chi connectivity index (χ2n) is 6.39. The van der Waals surface area contributed by atoms with Crippen LogP contribution in [-0.4, -0.2) is 45.3 Å². The summed E-state index contributed by atoms with van der Waals surface area (Å²) in [5, 5.41) is 19.3. The first kappa shape index (κ1) is 16.7. The largest absolute Gasteiger partial charge is 0.393 e. The molecule has 1 saturated heterocycles. The fourth-order valence-corrected chi connectivity index (χ4v) is 3.00. The Morgan fingerprint density at radius 2 is 2.04 bits per heavy atom. The Hall–Kier alpha value is -2.18. The van der Waals surface area contributed by atoms with E-state index in [0.717, 1.165) is 43.7 Å². The number of piperidine rings is 1. The third-order valence-electron chi connectivity index (χ3n) is 4.45. The lowest BCUT2D eigenvalue weighted by Gasteiger charge is -2.30. The van der Waals surface area contributed by atoms with Crippen molar-refractivity contribution in [1.82, 2.24) is 20.4 Å². The van der Waals surface area contributed by atoms with Crippen LogP contribution in [0.5, 0.6) is 0 Å². The molecule has 3 rings (SSSR count). The molecule has 1 amide bonds. The summed E-state index contributed by atoms with van der Waals surface area (Å²) in [6.07, 6.45) is 1.50. The molecule has 0 atom stereocenters. The van der Waals surface area contributed by atoms with Crippen LogP contribution in [-0.2, 0) is 13.1 Å². The van der Waals surface area contributed by atoms with Gasteiger partial charge in [0, 0.05) is 31.9 Å². The fraction of sp³-hybridized carbons (Fsp3) is 0.444. The topological polar surface area (TPSA) is 81.2 Å². The summed E-state index contributed by atoms with van der Waals surface area (Å²) in [7, 11) is 0. The van der Waals surface area contributed by atoms with Gasteiger partial charge in [-0.3, -0.25) is 14.8 Å². The lowest BCUT2D eigenvalue weighted by molar-refractivity contribution is 0.0790. The van der Waals surface area contributed by atoms with Crippen molar-refractivity contribution >= 4 is 5.91 Å². The molecule has 0 aliphatic carbocycles. The van der Waals surface area contributed by atoms with Gasteiger partial charge in [0.05, 0.1) is 6.10 Å². The van der Waals surface area contributed by atoms with E-state index in [0.29, 0.717) is 12.2 Å². The zero-order valence-corrected chi connectivity index (χ0v) is 14.0. The van der Waals surface area contributed by atoms with E-state index in [2.05, 4.69) is 26.5 Å². The van der Waals surface area contributed by atoms with Crippen LogP contribution in [0.1, 0.15) is 40.2 Å². The van der Waals surface area contributed by atoms with Crippen molar-refractivity contribution in [3.8, 4) is 0 Å². The first-order valence-corrected chi connectivity index (χ1v) is 8.39. The monoisotopic (exact) mass is 328 g/mol. The molecule has 0 bridgehead atoms. The number of amides is 1. The molecule has 1 aliphatic heterocycles. The van der Waals surface area contributed by atoms with Crippen LogP contribution in [0.25, 0.3) is 0 Å². The van der Waals surface area contributed by atoms with Crippen LogP contribution in [0.15, 0.2) is 30.3 Å². The van der Waals surface area contributed by atoms with Gasteiger partial charge in [-0.2, -0.15) is 5.10 Å². The van der Waals surface area contributed by atoms with E-state index in [1.165, 1.54) is 5.56 Å². The van der Waals surface area contributed by atoms with Crippen LogP contribution in [0.4, 0.5) is 0 Å². The number of H-pyrrole nitrogens is 1. The Balaban J connectivity index is 1.60. The fourth-order valence-electron chi connectivity index (χ4n) is 3.00. The van der Waals surface area contributed by atoms with E-state index in [4.69, 9.17) is 0 Å². The first-order chi connectivity index (χ1) is 11.6. The first-order valence-electron chi connectivity index (χ1n) is 8.39. The number of carbonyl (C=O) groups is 1. The molecule has 24 heavy (non-hydrogen) atoms. The number of hydrogen-bond acceptors (Lipinski definition) is 4. The maximum atomic E-state index is 12.1. The smallest absolute Gasteiger partial charge is 0.272 e. The summed E-state index contributed by atoms with van der Waals surface area (Å²) in [5.41, 5.74) is 3.61. The second-order valence-corrected chi connectivity index (χ2v) is 6.39. The van der Waals surface area contributed by atoms with Crippen LogP contribution in [0.3, 0.4) is 0 Å². The normalized spacial score (nSPS) is 16.2. The van der Waals surface area contributed by atoms with Crippen molar-refractivity contribution in [2.45, 2.75) is 39.0 Å². The van der Waals surface area contributed by atoms with Gasteiger partial charge in [0.25, 0.3) is 5.91 Å². The maximum absolute atomic E-state index is 12.1. The minimum Gasteiger partial charge on any atom is -0.393 e. The van der Waals surface area contributed by atoms with E-state index in [9.17, 15) is 9.90 Å². The van der Waals surface area contributed by atoms with Crippen LogP contribution in [0, 0.1) is 6.92 Å². The van der Waals surface area contributed by atoms with Crippen molar-refractivity contribution in [3.63, 3.8) is 0 Å². The van der Waals surface area contributed by atoms with Crippen molar-refractivity contribution < 1.29 is 9.90 Å². The Labute approximate surface area is 141 Å². The summed E-state index contributed by atoms with van der Waals surface area (Å²) in [5.74, 6) is -0.171. The van der Waals surface area contributed by atoms with Gasteiger partial charge in [-0.25, -0.2) is 0 Å². The Morgan fingerprint density at radius 3 is 2.71 bits per heavy atom. The van der Waals surface area contributed by atoms with Crippen LogP contribution in [0.2, 0.25) is 0 Å². The van der Waals surface area contributed by atoms with Gasteiger partial charge in [0.1, 0.15) is 5.69 Å². The number of nitrogens with zero attached hydrogens (tertiary/aromatic N) is 2. The predicted molar refractivity (Wildman–Crippen MR) is 91.5 cm³/mol. The van der Waals surface area contributed by atoms with E-state index in [1.54, 1.807) is 6.07 Å². The van der Waals surface area contributed by atoms with Crippen LogP contribution >= 0.6 is 0 Å². The van der Waals surface area contributed by atoms with Gasteiger partial charge >= 0.3 is 0 Å². The number of aromatic nitrogens is 2. The minimum absolute atomic E-state index is 0.159. The van der Waals surface area contributed by atoms with E-state index < -0.39 is 0 Å². The van der Waals surface area contributed by atoms with E-state index >= 15 is 0 Å². The van der Waals surface area contributed by atoms with Gasteiger partial charge in [-0.05, 0) is 37.0 Å². The molecule has 3 N–H and O–H groups in total. The number of hydrogen-bond donors (Lipinski definition) is 3. The molecule has 128 valence electrons. The molecule has 1 aliphatic rings. The lowest BCUT2D eigenvalue weighted by Crippen LogP contribution is -2.35. The summed E-state index contributed by atoms with van der Waals surface area (Å²) in [4.78, 5) is 14.5. The summed E-state index contributed by atoms with van der Waals surface area (Å²) in [6.45, 7) is 5.02. The SMILES string of the molecule is Cc1cc(C(=O)NCc2ccccc2CN2CCC(O)CC2)n[nH]1.